The summed E-state index contributed by atoms with van der Waals surface area (Å²) < 4.78 is 0. The summed E-state index contributed by atoms with van der Waals surface area (Å²) in [6.07, 6.45) is 2.12. The van der Waals surface area contributed by atoms with Gasteiger partial charge in [-0.1, -0.05) is 0 Å². The summed E-state index contributed by atoms with van der Waals surface area (Å²) in [6, 6.07) is 0. The maximum absolute atomic E-state index is 11.4. The van der Waals surface area contributed by atoms with Gasteiger partial charge in [0.15, 0.2) is 0 Å². The number of nitrogens with zero attached hydrogens (tertiary/aromatic N) is 2. The summed E-state index contributed by atoms with van der Waals surface area (Å²) in [6.45, 7) is 0.188. The van der Waals surface area contributed by atoms with Gasteiger partial charge in [0.05, 0.1) is 13.1 Å². The number of hydrogen-bond donors (Lipinski definition) is 6. The Hall–Kier alpha value is -3.70. The molecule has 6 N–H and O–H groups in total. The molecule has 0 unspecified atom stereocenters. The Kier molecular flexibility index (Phi) is 4.89. The molecule has 126 valence electrons. The van der Waals surface area contributed by atoms with Gasteiger partial charge >= 0.3 is 11.4 Å². The van der Waals surface area contributed by atoms with Crippen LogP contribution >= 0.6 is 0 Å². The van der Waals surface area contributed by atoms with Gasteiger partial charge in [-0.05, 0) is 0 Å². The highest BCUT2D eigenvalue weighted by atomic mass is 16.3. The molecule has 2 heterocycles. The normalized spacial score (nSPS) is 11.5. The number of aliphatic imine (C=N–C) groups is 2. The van der Waals surface area contributed by atoms with E-state index in [1.54, 1.807) is 0 Å². The molecule has 12 nitrogen and oxygen atoms in total. The minimum atomic E-state index is -0.842. The van der Waals surface area contributed by atoms with Gasteiger partial charge < -0.3 is 10.2 Å². The molecule has 24 heavy (non-hydrogen) atoms. The van der Waals surface area contributed by atoms with E-state index in [1.165, 1.54) is 0 Å². The van der Waals surface area contributed by atoms with Gasteiger partial charge in [0.25, 0.3) is 11.1 Å². The van der Waals surface area contributed by atoms with E-state index in [1.807, 2.05) is 19.9 Å². The second-order valence-corrected chi connectivity index (χ2v) is 4.41. The van der Waals surface area contributed by atoms with Crippen molar-refractivity contribution in [2.75, 3.05) is 13.1 Å². The van der Waals surface area contributed by atoms with Crippen LogP contribution < -0.4 is 22.5 Å². The summed E-state index contributed by atoms with van der Waals surface area (Å²) in [5, 5.41) is 18.8. The van der Waals surface area contributed by atoms with Crippen molar-refractivity contribution >= 4 is 12.4 Å². The molecular weight excluding hydrogens is 324 g/mol. The van der Waals surface area contributed by atoms with Crippen LogP contribution in [0.5, 0.6) is 11.8 Å². The number of aromatic amines is 4. The van der Waals surface area contributed by atoms with Crippen molar-refractivity contribution in [3.05, 3.63) is 52.8 Å². The molecule has 2 aromatic rings. The Balaban J connectivity index is 2.01. The lowest BCUT2D eigenvalue weighted by Gasteiger charge is -1.96. The van der Waals surface area contributed by atoms with Crippen molar-refractivity contribution in [2.24, 2.45) is 9.98 Å². The first-order chi connectivity index (χ1) is 11.4. The Morgan fingerprint density at radius 1 is 0.708 bits per heavy atom. The third-order valence-corrected chi connectivity index (χ3v) is 2.72. The van der Waals surface area contributed by atoms with Gasteiger partial charge in [-0.15, -0.1) is 0 Å². The Labute approximate surface area is 131 Å². The summed E-state index contributed by atoms with van der Waals surface area (Å²) in [4.78, 5) is 60.1. The molecule has 0 saturated heterocycles. The van der Waals surface area contributed by atoms with Crippen LogP contribution in [0.4, 0.5) is 0 Å². The first-order valence-corrected chi connectivity index (χ1v) is 6.49. The molecule has 12 heteroatoms. The van der Waals surface area contributed by atoms with Crippen LogP contribution in [0.25, 0.3) is 0 Å². The van der Waals surface area contributed by atoms with Crippen molar-refractivity contribution in [3.63, 3.8) is 0 Å². The van der Waals surface area contributed by atoms with Crippen molar-refractivity contribution in [1.82, 2.24) is 19.9 Å². The van der Waals surface area contributed by atoms with Crippen molar-refractivity contribution < 1.29 is 10.2 Å². The van der Waals surface area contributed by atoms with E-state index < -0.39 is 34.3 Å². The van der Waals surface area contributed by atoms with E-state index in [9.17, 15) is 29.4 Å². The molecule has 0 atom stereocenters. The monoisotopic (exact) mass is 336 g/mol. The van der Waals surface area contributed by atoms with Gasteiger partial charge in [-0.25, -0.2) is 9.59 Å². The quantitative estimate of drug-likeness (QED) is 0.255. The topological polar surface area (TPSA) is 197 Å². The number of H-pyrrole nitrogens is 4. The summed E-state index contributed by atoms with van der Waals surface area (Å²) in [5.41, 5.74) is -3.71. The lowest BCUT2D eigenvalue weighted by atomic mass is 10.3. The zero-order valence-electron chi connectivity index (χ0n) is 12.0. The zero-order valence-corrected chi connectivity index (χ0v) is 12.0. The first kappa shape index (κ1) is 16.7. The van der Waals surface area contributed by atoms with Gasteiger partial charge in [0.1, 0.15) is 11.1 Å². The third-order valence-electron chi connectivity index (χ3n) is 2.72. The lowest BCUT2D eigenvalue weighted by Crippen LogP contribution is -2.25. The standard InChI is InChI=1S/C12H12N6O6/c19-7-5(8(20)16-11(23)15-7)3-13-1-2-14-4-6-9(21)17-12(24)18-10(6)22/h3-4H,1-2H2,(H3,15,16,19,20,23)(H3,17,18,21,22,24). The van der Waals surface area contributed by atoms with E-state index >= 15 is 0 Å². The molecule has 2 aromatic heterocycles. The number of aromatic hydroxyl groups is 2. The molecule has 0 aromatic carbocycles. The van der Waals surface area contributed by atoms with Crippen LogP contribution in [0, 0.1) is 0 Å². The number of hydrogen-bond acceptors (Lipinski definition) is 8. The maximum Gasteiger partial charge on any atom is 0.328 e. The first-order valence-electron chi connectivity index (χ1n) is 6.49. The predicted molar refractivity (Wildman–Crippen MR) is 83.6 cm³/mol. The van der Waals surface area contributed by atoms with Gasteiger partial charge in [0, 0.05) is 12.4 Å². The van der Waals surface area contributed by atoms with Crippen LogP contribution in [0.1, 0.15) is 11.1 Å². The van der Waals surface area contributed by atoms with Gasteiger partial charge in [-0.2, -0.15) is 0 Å². The second-order valence-electron chi connectivity index (χ2n) is 4.41. The molecule has 0 aliphatic heterocycles. The molecule has 0 spiro atoms. The molecule has 0 radical (unpaired) electrons. The summed E-state index contributed by atoms with van der Waals surface area (Å²) in [7, 11) is 0. The predicted octanol–water partition coefficient (Wildman–Crippen LogP) is -2.61. The molecule has 0 fully saturated rings. The highest BCUT2D eigenvalue weighted by Crippen LogP contribution is 2.01. The lowest BCUT2D eigenvalue weighted by molar-refractivity contribution is 0.447. The molecule has 0 saturated carbocycles. The molecular formula is C12H12N6O6. The third kappa shape index (κ3) is 3.94. The second kappa shape index (κ2) is 7.04. The Morgan fingerprint density at radius 2 is 1.08 bits per heavy atom. The van der Waals surface area contributed by atoms with Gasteiger partial charge in [-0.3, -0.25) is 39.5 Å². The fourth-order valence-electron chi connectivity index (χ4n) is 1.63. The van der Waals surface area contributed by atoms with E-state index in [2.05, 4.69) is 9.98 Å². The van der Waals surface area contributed by atoms with Crippen LogP contribution in [0.3, 0.4) is 0 Å². The van der Waals surface area contributed by atoms with Crippen molar-refractivity contribution in [1.29, 1.82) is 0 Å². The molecule has 0 amide bonds. The minimum absolute atomic E-state index is 0.0938. The number of rotatable bonds is 5. The maximum atomic E-state index is 11.4. The van der Waals surface area contributed by atoms with E-state index in [0.717, 1.165) is 12.4 Å². The zero-order chi connectivity index (χ0) is 17.7. The largest absolute Gasteiger partial charge is 0.494 e. The van der Waals surface area contributed by atoms with Crippen LogP contribution in [0.15, 0.2) is 29.2 Å². The average Bonchev–Trinajstić information content (AvgIpc) is 2.46. The Bertz CT molecular complexity index is 940. The fraction of sp³-hybridized carbons (Fsp3) is 0.167. The van der Waals surface area contributed by atoms with Crippen LogP contribution in [0.2, 0.25) is 0 Å². The van der Waals surface area contributed by atoms with E-state index in [4.69, 9.17) is 0 Å². The number of aromatic nitrogens is 4. The highest BCUT2D eigenvalue weighted by Gasteiger charge is 2.05. The van der Waals surface area contributed by atoms with Crippen molar-refractivity contribution in [3.8, 4) is 11.8 Å². The Morgan fingerprint density at radius 3 is 1.42 bits per heavy atom. The van der Waals surface area contributed by atoms with E-state index in [-0.39, 0.29) is 24.2 Å². The SMILES string of the molecule is O=c1[nH]c(O)c(C=NCCN=Cc2c(O)[nH]c(=O)[nH]c2=O)c(=O)[nH]1. The highest BCUT2D eigenvalue weighted by molar-refractivity contribution is 5.82. The summed E-state index contributed by atoms with van der Waals surface area (Å²) in [5.74, 6) is -1.22. The van der Waals surface area contributed by atoms with Crippen molar-refractivity contribution in [2.45, 2.75) is 0 Å². The smallest absolute Gasteiger partial charge is 0.328 e. The van der Waals surface area contributed by atoms with Crippen LogP contribution in [-0.4, -0.2) is 55.7 Å². The molecule has 0 aliphatic rings. The molecule has 2 rings (SSSR count). The average molecular weight is 336 g/mol. The minimum Gasteiger partial charge on any atom is -0.494 e. The fourth-order valence-corrected chi connectivity index (χ4v) is 1.63. The van der Waals surface area contributed by atoms with E-state index in [0.29, 0.717) is 0 Å². The molecule has 0 aliphatic carbocycles. The van der Waals surface area contributed by atoms with Gasteiger partial charge in [0.2, 0.25) is 11.8 Å². The number of nitrogens with one attached hydrogen (secondary N) is 4. The van der Waals surface area contributed by atoms with Crippen LogP contribution in [-0.2, 0) is 0 Å². The summed E-state index contributed by atoms with van der Waals surface area (Å²) >= 11 is 0. The molecule has 0 bridgehead atoms.